The molecule has 3 N–H and O–H groups in total. The predicted molar refractivity (Wildman–Crippen MR) is 108 cm³/mol. The van der Waals surface area contributed by atoms with Crippen LogP contribution in [0.3, 0.4) is 0 Å². The lowest BCUT2D eigenvalue weighted by molar-refractivity contribution is 0.0912. The summed E-state index contributed by atoms with van der Waals surface area (Å²) in [5, 5.41) is 16.9. The van der Waals surface area contributed by atoms with Crippen molar-refractivity contribution in [3.8, 4) is 17.3 Å². The van der Waals surface area contributed by atoms with Gasteiger partial charge in [-0.1, -0.05) is 6.07 Å². The molecule has 0 radical (unpaired) electrons. The second kappa shape index (κ2) is 7.67. The molecule has 3 aromatic rings. The number of hydrogen-bond donors (Lipinski definition) is 2. The van der Waals surface area contributed by atoms with Gasteiger partial charge < -0.3 is 15.4 Å². The van der Waals surface area contributed by atoms with Crippen molar-refractivity contribution >= 4 is 38.7 Å². The van der Waals surface area contributed by atoms with Crippen LogP contribution in [0.2, 0.25) is 0 Å². The highest BCUT2D eigenvalue weighted by molar-refractivity contribution is 9.10. The fourth-order valence-electron chi connectivity index (χ4n) is 3.48. The summed E-state index contributed by atoms with van der Waals surface area (Å²) in [6.45, 7) is 1.23. The van der Waals surface area contributed by atoms with Gasteiger partial charge >= 0.3 is 6.09 Å². The predicted octanol–water partition coefficient (Wildman–Crippen LogP) is 3.46. The van der Waals surface area contributed by atoms with Crippen molar-refractivity contribution in [2.24, 2.45) is 5.73 Å². The number of pyridine rings is 1. The Balaban J connectivity index is 1.73. The third-order valence-corrected chi connectivity index (χ3v) is 5.72. The Morgan fingerprint density at radius 2 is 2.17 bits per heavy atom. The zero-order valence-electron chi connectivity index (χ0n) is 15.2. The van der Waals surface area contributed by atoms with Gasteiger partial charge in [0.05, 0.1) is 21.9 Å². The van der Waals surface area contributed by atoms with Gasteiger partial charge in [0.25, 0.3) is 0 Å². The van der Waals surface area contributed by atoms with Crippen molar-refractivity contribution in [2.45, 2.75) is 18.9 Å². The molecule has 2 aromatic heterocycles. The molecule has 8 nitrogen and oxygen atoms in total. The topological polar surface area (TPSA) is 121 Å². The number of benzene rings is 1. The van der Waals surface area contributed by atoms with Gasteiger partial charge in [-0.25, -0.2) is 14.2 Å². The zero-order valence-corrected chi connectivity index (χ0v) is 16.7. The van der Waals surface area contributed by atoms with Crippen LogP contribution in [0.25, 0.3) is 22.2 Å². The number of halogens is 2. The Bertz CT molecular complexity index is 1130. The van der Waals surface area contributed by atoms with Crippen molar-refractivity contribution < 1.29 is 13.9 Å². The summed E-state index contributed by atoms with van der Waals surface area (Å²) in [6.07, 6.45) is 1.93. The zero-order chi connectivity index (χ0) is 20.5. The Hall–Kier alpha value is -3.19. The number of carbonyl (C=O) groups is 1. The van der Waals surface area contributed by atoms with E-state index in [1.165, 1.54) is 12.1 Å². The van der Waals surface area contributed by atoms with Crippen molar-refractivity contribution in [2.75, 3.05) is 18.0 Å². The molecule has 0 spiro atoms. The average Bonchev–Trinajstić information content (AvgIpc) is 3.19. The first kappa shape index (κ1) is 19.1. The molecule has 1 fully saturated rings. The van der Waals surface area contributed by atoms with Crippen LogP contribution in [-0.4, -0.2) is 40.5 Å². The van der Waals surface area contributed by atoms with Gasteiger partial charge in [-0.05, 0) is 28.1 Å². The summed E-state index contributed by atoms with van der Waals surface area (Å²) in [7, 11) is 0. The molecule has 1 saturated heterocycles. The van der Waals surface area contributed by atoms with Crippen LogP contribution in [0, 0.1) is 17.1 Å². The first-order chi connectivity index (χ1) is 14.0. The molecule has 0 bridgehead atoms. The fourth-order valence-corrected chi connectivity index (χ4v) is 4.10. The molecular formula is C19H16BrFN6O2. The molecule has 0 atom stereocenters. The summed E-state index contributed by atoms with van der Waals surface area (Å²) in [4.78, 5) is 17.8. The number of aromatic nitrogens is 3. The minimum absolute atomic E-state index is 0.0222. The molecular weight excluding hydrogens is 443 g/mol. The van der Waals surface area contributed by atoms with E-state index in [4.69, 9.17) is 20.7 Å². The van der Waals surface area contributed by atoms with Gasteiger partial charge in [-0.3, -0.25) is 5.10 Å². The van der Waals surface area contributed by atoms with Crippen molar-refractivity contribution in [1.82, 2.24) is 15.2 Å². The SMILES string of the molecule is N#Cc1ccc(-c2nc(N3CCC(OC(N)=O)CC3)c3[nH]ncc3c2Br)cc1F. The minimum Gasteiger partial charge on any atom is -0.446 e. The highest BCUT2D eigenvalue weighted by atomic mass is 79.9. The van der Waals surface area contributed by atoms with Gasteiger partial charge in [0.2, 0.25) is 0 Å². The van der Waals surface area contributed by atoms with Crippen LogP contribution in [0.1, 0.15) is 18.4 Å². The van der Waals surface area contributed by atoms with E-state index in [1.807, 2.05) is 6.07 Å². The number of anilines is 1. The maximum absolute atomic E-state index is 14.2. The number of piperidine rings is 1. The van der Waals surface area contributed by atoms with E-state index in [9.17, 15) is 9.18 Å². The molecule has 0 saturated carbocycles. The summed E-state index contributed by atoms with van der Waals surface area (Å²) < 4.78 is 20.0. The van der Waals surface area contributed by atoms with Crippen LogP contribution in [0.15, 0.2) is 28.9 Å². The molecule has 1 aliphatic heterocycles. The number of carbonyl (C=O) groups excluding carboxylic acids is 1. The average molecular weight is 459 g/mol. The second-order valence-corrected chi connectivity index (χ2v) is 7.48. The number of ether oxygens (including phenoxy) is 1. The van der Waals surface area contributed by atoms with Gasteiger partial charge in [-0.15, -0.1) is 0 Å². The third-order valence-electron chi connectivity index (χ3n) is 4.91. The number of H-pyrrole nitrogens is 1. The quantitative estimate of drug-likeness (QED) is 0.619. The molecule has 10 heteroatoms. The number of aromatic amines is 1. The third kappa shape index (κ3) is 3.61. The fraction of sp³-hybridized carbons (Fsp3) is 0.263. The highest BCUT2D eigenvalue weighted by Crippen LogP contribution is 2.38. The molecule has 29 heavy (non-hydrogen) atoms. The number of nitrogens with one attached hydrogen (secondary N) is 1. The minimum atomic E-state index is -0.772. The number of rotatable bonds is 3. The van der Waals surface area contributed by atoms with Crippen LogP contribution in [-0.2, 0) is 4.74 Å². The van der Waals surface area contributed by atoms with Gasteiger partial charge in [-0.2, -0.15) is 10.4 Å². The summed E-state index contributed by atoms with van der Waals surface area (Å²) in [6, 6.07) is 6.22. The monoisotopic (exact) mass is 458 g/mol. The van der Waals surface area contributed by atoms with E-state index in [2.05, 4.69) is 31.0 Å². The molecule has 0 aliphatic carbocycles. The second-order valence-electron chi connectivity index (χ2n) is 6.69. The first-order valence-corrected chi connectivity index (χ1v) is 9.71. The molecule has 1 amide bonds. The number of nitriles is 1. The molecule has 1 aromatic carbocycles. The maximum Gasteiger partial charge on any atom is 0.404 e. The van der Waals surface area contributed by atoms with Crippen molar-refractivity contribution in [3.05, 3.63) is 40.2 Å². The Morgan fingerprint density at radius 3 is 2.83 bits per heavy atom. The highest BCUT2D eigenvalue weighted by Gasteiger charge is 2.26. The van der Waals surface area contributed by atoms with Crippen LogP contribution >= 0.6 is 15.9 Å². The lowest BCUT2D eigenvalue weighted by atomic mass is 10.1. The number of nitrogens with zero attached hydrogens (tertiary/aromatic N) is 4. The lowest BCUT2D eigenvalue weighted by Gasteiger charge is -2.32. The molecule has 0 unspecified atom stereocenters. The number of nitrogens with two attached hydrogens (primary N) is 1. The number of fused-ring (bicyclic) bond motifs is 1. The van der Waals surface area contributed by atoms with Gasteiger partial charge in [0, 0.05) is 36.9 Å². The van der Waals surface area contributed by atoms with Crippen molar-refractivity contribution in [1.29, 1.82) is 5.26 Å². The summed E-state index contributed by atoms with van der Waals surface area (Å²) in [5.41, 5.74) is 6.93. The van der Waals surface area contributed by atoms with E-state index in [1.54, 1.807) is 12.3 Å². The molecule has 4 rings (SSSR count). The molecule has 148 valence electrons. The number of hydrogen-bond acceptors (Lipinski definition) is 6. The number of amides is 1. The van der Waals surface area contributed by atoms with E-state index < -0.39 is 11.9 Å². The standard InChI is InChI=1S/C19H16BrFN6O2/c20-15-13-9-24-26-17(13)18(27-5-3-12(4-6-27)29-19(23)28)25-16(15)10-1-2-11(8-22)14(21)7-10/h1-2,7,9,12H,3-6H2,(H2,23,28)(H,24,26). The number of primary amides is 1. The van der Waals surface area contributed by atoms with Gasteiger partial charge in [0.15, 0.2) is 5.82 Å². The largest absolute Gasteiger partial charge is 0.446 e. The summed E-state index contributed by atoms with van der Waals surface area (Å²) in [5.74, 6) is 0.0787. The smallest absolute Gasteiger partial charge is 0.404 e. The first-order valence-electron chi connectivity index (χ1n) is 8.91. The van der Waals surface area contributed by atoms with Crippen molar-refractivity contribution in [3.63, 3.8) is 0 Å². The molecule has 3 heterocycles. The molecule has 1 aliphatic rings. The van der Waals surface area contributed by atoms with Crippen LogP contribution in [0.4, 0.5) is 15.0 Å². The van der Waals surface area contributed by atoms with E-state index in [0.29, 0.717) is 47.5 Å². The van der Waals surface area contributed by atoms with E-state index >= 15 is 0 Å². The Labute approximate surface area is 173 Å². The summed E-state index contributed by atoms with van der Waals surface area (Å²) >= 11 is 3.55. The Kier molecular flexibility index (Phi) is 5.07. The maximum atomic E-state index is 14.2. The van der Waals surface area contributed by atoms with Crippen LogP contribution < -0.4 is 10.6 Å². The Morgan fingerprint density at radius 1 is 1.41 bits per heavy atom. The lowest BCUT2D eigenvalue weighted by Crippen LogP contribution is -2.39. The van der Waals surface area contributed by atoms with Gasteiger partial charge in [0.1, 0.15) is 23.5 Å². The van der Waals surface area contributed by atoms with E-state index in [-0.39, 0.29) is 11.7 Å². The van der Waals surface area contributed by atoms with E-state index in [0.717, 1.165) is 10.9 Å². The normalized spacial score (nSPS) is 14.7. The van der Waals surface area contributed by atoms with Crippen LogP contribution in [0.5, 0.6) is 0 Å².